The van der Waals surface area contributed by atoms with Crippen LogP contribution in [-0.2, 0) is 0 Å². The van der Waals surface area contributed by atoms with Crippen LogP contribution in [-0.4, -0.2) is 11.3 Å². The molecule has 0 saturated heterocycles. The maximum absolute atomic E-state index is 10.7. The molecule has 0 atom stereocenters. The van der Waals surface area contributed by atoms with E-state index in [1.807, 2.05) is 18.2 Å². The second-order valence-corrected chi connectivity index (χ2v) is 3.94. The van der Waals surface area contributed by atoms with E-state index < -0.39 is 0 Å². The quantitative estimate of drug-likeness (QED) is 0.595. The SMILES string of the molecule is O=Cc1cccc2cc(I)cnc12. The van der Waals surface area contributed by atoms with E-state index in [9.17, 15) is 4.79 Å². The van der Waals surface area contributed by atoms with Crippen LogP contribution in [0, 0.1) is 3.57 Å². The van der Waals surface area contributed by atoms with E-state index in [1.165, 1.54) is 0 Å². The van der Waals surface area contributed by atoms with E-state index in [-0.39, 0.29) is 0 Å². The van der Waals surface area contributed by atoms with E-state index in [2.05, 4.69) is 27.6 Å². The summed E-state index contributed by atoms with van der Waals surface area (Å²) in [6.45, 7) is 0. The van der Waals surface area contributed by atoms with Gasteiger partial charge in [-0.2, -0.15) is 0 Å². The van der Waals surface area contributed by atoms with Gasteiger partial charge in [0.1, 0.15) is 0 Å². The van der Waals surface area contributed by atoms with Crippen molar-refractivity contribution in [2.45, 2.75) is 0 Å². The molecule has 0 aliphatic heterocycles. The topological polar surface area (TPSA) is 30.0 Å². The van der Waals surface area contributed by atoms with Gasteiger partial charge in [-0.1, -0.05) is 12.1 Å². The highest BCUT2D eigenvalue weighted by molar-refractivity contribution is 14.1. The number of para-hydroxylation sites is 1. The third kappa shape index (κ3) is 1.56. The summed E-state index contributed by atoms with van der Waals surface area (Å²) in [6, 6.07) is 7.60. The average molecular weight is 283 g/mol. The minimum absolute atomic E-state index is 0.647. The zero-order valence-corrected chi connectivity index (χ0v) is 8.86. The van der Waals surface area contributed by atoms with Crippen LogP contribution in [0.15, 0.2) is 30.5 Å². The van der Waals surface area contributed by atoms with Gasteiger partial charge in [0.15, 0.2) is 6.29 Å². The van der Waals surface area contributed by atoms with Gasteiger partial charge in [-0.3, -0.25) is 9.78 Å². The molecule has 0 N–H and O–H groups in total. The summed E-state index contributed by atoms with van der Waals surface area (Å²) in [6.07, 6.45) is 2.60. The number of hydrogen-bond acceptors (Lipinski definition) is 2. The Morgan fingerprint density at radius 2 is 2.23 bits per heavy atom. The number of hydrogen-bond donors (Lipinski definition) is 0. The number of carbonyl (C=O) groups excluding carboxylic acids is 1. The molecule has 64 valence electrons. The number of pyridine rings is 1. The monoisotopic (exact) mass is 283 g/mol. The van der Waals surface area contributed by atoms with Gasteiger partial charge in [0.25, 0.3) is 0 Å². The van der Waals surface area contributed by atoms with Crippen molar-refractivity contribution >= 4 is 39.8 Å². The maximum atomic E-state index is 10.7. The Balaban J connectivity index is 2.84. The van der Waals surface area contributed by atoms with Crippen molar-refractivity contribution in [2.75, 3.05) is 0 Å². The second-order valence-electron chi connectivity index (χ2n) is 2.69. The molecule has 1 aromatic heterocycles. The van der Waals surface area contributed by atoms with Gasteiger partial charge in [0, 0.05) is 20.7 Å². The molecule has 1 heterocycles. The molecule has 2 nitrogen and oxygen atoms in total. The first-order valence-electron chi connectivity index (χ1n) is 3.81. The molecular weight excluding hydrogens is 277 g/mol. The lowest BCUT2D eigenvalue weighted by Gasteiger charge is -1.99. The molecule has 0 bridgehead atoms. The van der Waals surface area contributed by atoms with Crippen molar-refractivity contribution < 1.29 is 4.79 Å². The second kappa shape index (κ2) is 3.41. The minimum atomic E-state index is 0.647. The fourth-order valence-electron chi connectivity index (χ4n) is 1.25. The molecule has 0 aliphatic rings. The fraction of sp³-hybridized carbons (Fsp3) is 0. The Bertz CT molecular complexity index is 467. The van der Waals surface area contributed by atoms with Crippen LogP contribution in [0.3, 0.4) is 0 Å². The van der Waals surface area contributed by atoms with Crippen LogP contribution in [0.4, 0.5) is 0 Å². The maximum Gasteiger partial charge on any atom is 0.152 e. The predicted octanol–water partition coefficient (Wildman–Crippen LogP) is 2.65. The zero-order valence-electron chi connectivity index (χ0n) is 6.70. The van der Waals surface area contributed by atoms with Gasteiger partial charge in [0.2, 0.25) is 0 Å². The first-order valence-corrected chi connectivity index (χ1v) is 4.88. The molecule has 0 amide bonds. The standard InChI is InChI=1S/C10H6INO/c11-9-4-7-2-1-3-8(6-13)10(7)12-5-9/h1-6H. The average Bonchev–Trinajstić information content (AvgIpc) is 2.16. The summed E-state index contributed by atoms with van der Waals surface area (Å²) in [5, 5.41) is 1.01. The first-order chi connectivity index (χ1) is 6.31. The van der Waals surface area contributed by atoms with E-state index in [0.29, 0.717) is 5.56 Å². The van der Waals surface area contributed by atoms with Crippen LogP contribution in [0.1, 0.15) is 10.4 Å². The van der Waals surface area contributed by atoms with Gasteiger partial charge < -0.3 is 0 Å². The van der Waals surface area contributed by atoms with Gasteiger partial charge in [-0.15, -0.1) is 0 Å². The number of nitrogens with zero attached hydrogens (tertiary/aromatic N) is 1. The van der Waals surface area contributed by atoms with E-state index >= 15 is 0 Å². The molecule has 3 heteroatoms. The highest BCUT2D eigenvalue weighted by Gasteiger charge is 2.00. The Labute approximate surface area is 89.1 Å². The summed E-state index contributed by atoms with van der Waals surface area (Å²) < 4.78 is 1.08. The molecule has 2 rings (SSSR count). The Morgan fingerprint density at radius 3 is 3.00 bits per heavy atom. The molecule has 0 spiro atoms. The molecule has 0 aliphatic carbocycles. The smallest absolute Gasteiger partial charge is 0.152 e. The van der Waals surface area contributed by atoms with Gasteiger partial charge in [-0.05, 0) is 34.7 Å². The summed E-state index contributed by atoms with van der Waals surface area (Å²) in [5.74, 6) is 0. The third-order valence-electron chi connectivity index (χ3n) is 1.84. The third-order valence-corrected chi connectivity index (χ3v) is 2.43. The largest absolute Gasteiger partial charge is 0.298 e. The van der Waals surface area contributed by atoms with Crippen LogP contribution in [0.25, 0.3) is 10.9 Å². The molecule has 1 aromatic carbocycles. The van der Waals surface area contributed by atoms with Crippen molar-refractivity contribution in [1.29, 1.82) is 0 Å². The van der Waals surface area contributed by atoms with Crippen LogP contribution in [0.5, 0.6) is 0 Å². The fourth-order valence-corrected chi connectivity index (χ4v) is 1.73. The lowest BCUT2D eigenvalue weighted by atomic mass is 10.1. The summed E-state index contributed by atoms with van der Waals surface area (Å²) in [5.41, 5.74) is 1.42. The number of aromatic nitrogens is 1. The molecular formula is C10H6INO. The van der Waals surface area contributed by atoms with Crippen molar-refractivity contribution in [3.8, 4) is 0 Å². The number of carbonyl (C=O) groups is 1. The van der Waals surface area contributed by atoms with Crippen LogP contribution < -0.4 is 0 Å². The summed E-state index contributed by atoms with van der Waals surface area (Å²) in [7, 11) is 0. The number of aldehydes is 1. The molecule has 13 heavy (non-hydrogen) atoms. The van der Waals surface area contributed by atoms with E-state index in [4.69, 9.17) is 0 Å². The lowest BCUT2D eigenvalue weighted by Crippen LogP contribution is -1.87. The lowest BCUT2D eigenvalue weighted by molar-refractivity contribution is 0.112. The van der Waals surface area contributed by atoms with Gasteiger partial charge in [-0.25, -0.2) is 0 Å². The Morgan fingerprint density at radius 1 is 1.38 bits per heavy atom. The summed E-state index contributed by atoms with van der Waals surface area (Å²) in [4.78, 5) is 14.9. The molecule has 0 radical (unpaired) electrons. The van der Waals surface area contributed by atoms with Crippen molar-refractivity contribution in [3.05, 3.63) is 39.6 Å². The summed E-state index contributed by atoms with van der Waals surface area (Å²) >= 11 is 2.20. The van der Waals surface area contributed by atoms with Gasteiger partial charge in [0.05, 0.1) is 5.52 Å². The van der Waals surface area contributed by atoms with E-state index in [1.54, 1.807) is 12.3 Å². The van der Waals surface area contributed by atoms with Crippen molar-refractivity contribution in [3.63, 3.8) is 0 Å². The normalized spacial score (nSPS) is 10.2. The number of halogens is 1. The van der Waals surface area contributed by atoms with Crippen LogP contribution in [0.2, 0.25) is 0 Å². The molecule has 2 aromatic rings. The molecule has 0 fully saturated rings. The van der Waals surface area contributed by atoms with Crippen LogP contribution >= 0.6 is 22.6 Å². The number of benzene rings is 1. The van der Waals surface area contributed by atoms with Gasteiger partial charge >= 0.3 is 0 Å². The highest BCUT2D eigenvalue weighted by atomic mass is 127. The number of fused-ring (bicyclic) bond motifs is 1. The predicted molar refractivity (Wildman–Crippen MR) is 59.8 cm³/mol. The number of rotatable bonds is 1. The Hall–Kier alpha value is -0.970. The van der Waals surface area contributed by atoms with Crippen molar-refractivity contribution in [2.24, 2.45) is 0 Å². The zero-order chi connectivity index (χ0) is 9.26. The first kappa shape index (κ1) is 8.62. The molecule has 0 unspecified atom stereocenters. The minimum Gasteiger partial charge on any atom is -0.298 e. The Kier molecular flexibility index (Phi) is 2.26. The highest BCUT2D eigenvalue weighted by Crippen LogP contribution is 2.17. The molecule has 0 saturated carbocycles. The van der Waals surface area contributed by atoms with Crippen molar-refractivity contribution in [1.82, 2.24) is 4.98 Å². The van der Waals surface area contributed by atoms with E-state index in [0.717, 1.165) is 20.8 Å².